The molecule has 214 valence electrons. The van der Waals surface area contributed by atoms with Crippen LogP contribution < -0.4 is 9.62 Å². The van der Waals surface area contributed by atoms with Gasteiger partial charge in [0.25, 0.3) is 0 Å². The van der Waals surface area contributed by atoms with Crippen molar-refractivity contribution in [1.29, 1.82) is 0 Å². The van der Waals surface area contributed by atoms with Gasteiger partial charge in [0.2, 0.25) is 21.8 Å². The summed E-state index contributed by atoms with van der Waals surface area (Å²) in [5.41, 5.74) is 1.95. The molecule has 2 amide bonds. The monoisotopic (exact) mass is 587 g/mol. The van der Waals surface area contributed by atoms with Crippen LogP contribution in [0.1, 0.15) is 37.0 Å². The summed E-state index contributed by atoms with van der Waals surface area (Å²) in [6.45, 7) is 4.73. The molecule has 0 saturated carbocycles. The van der Waals surface area contributed by atoms with Crippen molar-refractivity contribution in [3.63, 3.8) is 0 Å². The second kappa shape index (κ2) is 13.8. The molecule has 1 N–H and O–H groups in total. The smallest absolute Gasteiger partial charge is 0.244 e. The second-order valence-electron chi connectivity index (χ2n) is 9.84. The van der Waals surface area contributed by atoms with Crippen molar-refractivity contribution in [2.24, 2.45) is 0 Å². The number of hydrogen-bond donors (Lipinski definition) is 1. The molecule has 0 fully saturated rings. The van der Waals surface area contributed by atoms with Crippen LogP contribution >= 0.6 is 11.6 Å². The number of halogens is 2. The van der Waals surface area contributed by atoms with Crippen molar-refractivity contribution < 1.29 is 22.4 Å². The van der Waals surface area contributed by atoms with Gasteiger partial charge in [-0.3, -0.25) is 13.9 Å². The molecular formula is C30H35ClFN3O4S. The highest BCUT2D eigenvalue weighted by Crippen LogP contribution is 2.26. The number of nitrogens with one attached hydrogen (secondary N) is 1. The largest absolute Gasteiger partial charge is 0.352 e. The number of anilines is 1. The first kappa shape index (κ1) is 31.1. The summed E-state index contributed by atoms with van der Waals surface area (Å²) < 4.78 is 41.5. The van der Waals surface area contributed by atoms with Crippen molar-refractivity contribution in [2.45, 2.75) is 52.2 Å². The highest BCUT2D eigenvalue weighted by Gasteiger charge is 2.34. The van der Waals surface area contributed by atoms with E-state index in [-0.39, 0.29) is 30.3 Å². The maximum absolute atomic E-state index is 14.8. The Hall–Kier alpha value is -3.43. The average Bonchev–Trinajstić information content (AvgIpc) is 2.91. The Morgan fingerprint density at radius 1 is 1.02 bits per heavy atom. The molecule has 0 bridgehead atoms. The molecule has 40 heavy (non-hydrogen) atoms. The first-order valence-corrected chi connectivity index (χ1v) is 15.2. The van der Waals surface area contributed by atoms with Gasteiger partial charge in [0.1, 0.15) is 18.4 Å². The number of aryl methyl sites for hydroxylation is 1. The summed E-state index contributed by atoms with van der Waals surface area (Å²) in [4.78, 5) is 28.9. The van der Waals surface area contributed by atoms with Crippen LogP contribution in [0.3, 0.4) is 0 Å². The Morgan fingerprint density at radius 2 is 1.68 bits per heavy atom. The third kappa shape index (κ3) is 8.29. The lowest BCUT2D eigenvalue weighted by Crippen LogP contribution is -2.54. The van der Waals surface area contributed by atoms with E-state index in [0.29, 0.717) is 11.4 Å². The molecule has 7 nitrogen and oxygen atoms in total. The molecular weight excluding hydrogens is 553 g/mol. The van der Waals surface area contributed by atoms with Gasteiger partial charge >= 0.3 is 0 Å². The number of sulfonamides is 1. The zero-order valence-corrected chi connectivity index (χ0v) is 24.7. The highest BCUT2D eigenvalue weighted by atomic mass is 35.5. The molecule has 0 aliphatic rings. The average molecular weight is 588 g/mol. The first-order chi connectivity index (χ1) is 18.9. The predicted octanol–water partition coefficient (Wildman–Crippen LogP) is 5.11. The van der Waals surface area contributed by atoms with Crippen molar-refractivity contribution in [1.82, 2.24) is 10.2 Å². The zero-order valence-electron chi connectivity index (χ0n) is 23.1. The van der Waals surface area contributed by atoms with Gasteiger partial charge < -0.3 is 10.2 Å². The van der Waals surface area contributed by atoms with Gasteiger partial charge in [-0.2, -0.15) is 0 Å². The number of benzene rings is 3. The van der Waals surface area contributed by atoms with Crippen LogP contribution in [0, 0.1) is 12.7 Å². The molecule has 3 aromatic carbocycles. The third-order valence-corrected chi connectivity index (χ3v) is 8.24. The SMILES string of the molecule is CCC(C)NC(=O)C(Cc1ccccc1)N(Cc1ccccc1F)C(=O)CN(c1ccc(C)c(Cl)c1)S(C)(=O)=O. The van der Waals surface area contributed by atoms with E-state index in [0.717, 1.165) is 21.7 Å². The minimum atomic E-state index is -3.93. The maximum atomic E-state index is 14.8. The molecule has 2 unspecified atom stereocenters. The fourth-order valence-corrected chi connectivity index (χ4v) is 5.17. The Kier molecular flexibility index (Phi) is 10.7. The first-order valence-electron chi connectivity index (χ1n) is 13.0. The van der Waals surface area contributed by atoms with Gasteiger partial charge in [0.05, 0.1) is 11.9 Å². The van der Waals surface area contributed by atoms with Crippen molar-refractivity contribution >= 4 is 39.1 Å². The van der Waals surface area contributed by atoms with Crippen LogP contribution in [0.5, 0.6) is 0 Å². The van der Waals surface area contributed by atoms with Crippen LogP contribution in [-0.2, 0) is 32.6 Å². The standard InChI is InChI=1S/C30H35ClFN3O4S/c1-5-22(3)33-30(37)28(17-23-11-7-6-8-12-23)34(19-24-13-9-10-14-27(24)32)29(36)20-35(40(4,38)39)25-16-15-21(2)26(31)18-25/h6-16,18,22,28H,5,17,19-20H2,1-4H3,(H,33,37). The Morgan fingerprint density at radius 3 is 2.27 bits per heavy atom. The number of hydrogen-bond acceptors (Lipinski definition) is 4. The van der Waals surface area contributed by atoms with Gasteiger partial charge in [0, 0.05) is 29.6 Å². The van der Waals surface area contributed by atoms with Gasteiger partial charge in [-0.05, 0) is 49.6 Å². The summed E-state index contributed by atoms with van der Waals surface area (Å²) in [6.07, 6.45) is 1.81. The predicted molar refractivity (Wildman–Crippen MR) is 157 cm³/mol. The quantitative estimate of drug-likeness (QED) is 0.319. The third-order valence-electron chi connectivity index (χ3n) is 6.69. The summed E-state index contributed by atoms with van der Waals surface area (Å²) in [6, 6.07) is 18.7. The Balaban J connectivity index is 2.08. The lowest BCUT2D eigenvalue weighted by atomic mass is 10.0. The van der Waals surface area contributed by atoms with Crippen LogP contribution in [0.25, 0.3) is 0 Å². The van der Waals surface area contributed by atoms with Crippen LogP contribution in [0.4, 0.5) is 10.1 Å². The van der Waals surface area contributed by atoms with Crippen molar-refractivity contribution in [3.05, 3.63) is 100 Å². The van der Waals surface area contributed by atoms with Crippen LogP contribution in [0.15, 0.2) is 72.8 Å². The molecule has 0 radical (unpaired) electrons. The van der Waals surface area contributed by atoms with Crippen LogP contribution in [-0.4, -0.2) is 50.0 Å². The number of carbonyl (C=O) groups excluding carboxylic acids is 2. The fourth-order valence-electron chi connectivity index (χ4n) is 4.16. The van der Waals surface area contributed by atoms with E-state index in [2.05, 4.69) is 5.32 Å². The summed E-state index contributed by atoms with van der Waals surface area (Å²) in [5, 5.41) is 3.28. The molecule has 3 aromatic rings. The highest BCUT2D eigenvalue weighted by molar-refractivity contribution is 7.92. The molecule has 10 heteroatoms. The van der Waals surface area contributed by atoms with Crippen LogP contribution in [0.2, 0.25) is 5.02 Å². The lowest BCUT2D eigenvalue weighted by Gasteiger charge is -2.34. The molecule has 0 heterocycles. The second-order valence-corrected chi connectivity index (χ2v) is 12.2. The molecule has 2 atom stereocenters. The maximum Gasteiger partial charge on any atom is 0.244 e. The summed E-state index contributed by atoms with van der Waals surface area (Å²) in [5.74, 6) is -1.61. The van der Waals surface area contributed by atoms with Gasteiger partial charge in [0.15, 0.2) is 0 Å². The minimum absolute atomic E-state index is 0.151. The topological polar surface area (TPSA) is 86.8 Å². The molecule has 0 aromatic heterocycles. The number of amides is 2. The number of rotatable bonds is 12. The lowest BCUT2D eigenvalue weighted by molar-refractivity contribution is -0.140. The van der Waals surface area contributed by atoms with E-state index < -0.39 is 40.2 Å². The van der Waals surface area contributed by atoms with E-state index in [1.807, 2.05) is 44.2 Å². The van der Waals surface area contributed by atoms with E-state index in [9.17, 15) is 22.4 Å². The Bertz CT molecular complexity index is 1440. The van der Waals surface area contributed by atoms with Gasteiger partial charge in [-0.1, -0.05) is 73.1 Å². The van der Waals surface area contributed by atoms with E-state index >= 15 is 0 Å². The van der Waals surface area contributed by atoms with E-state index in [1.165, 1.54) is 29.2 Å². The van der Waals surface area contributed by atoms with E-state index in [4.69, 9.17) is 11.6 Å². The van der Waals surface area contributed by atoms with Crippen molar-refractivity contribution in [3.8, 4) is 0 Å². The summed E-state index contributed by atoms with van der Waals surface area (Å²) in [7, 11) is -3.93. The van der Waals surface area contributed by atoms with Gasteiger partial charge in [-0.15, -0.1) is 0 Å². The van der Waals surface area contributed by atoms with Crippen molar-refractivity contribution in [2.75, 3.05) is 17.1 Å². The zero-order chi connectivity index (χ0) is 29.4. The normalized spacial score (nSPS) is 12.8. The molecule has 0 aliphatic heterocycles. The molecule has 0 saturated heterocycles. The van der Waals surface area contributed by atoms with E-state index in [1.54, 1.807) is 25.1 Å². The number of nitrogens with zero attached hydrogens (tertiary/aromatic N) is 2. The van der Waals surface area contributed by atoms with Gasteiger partial charge in [-0.25, -0.2) is 12.8 Å². The molecule has 3 rings (SSSR count). The molecule has 0 aliphatic carbocycles. The Labute approximate surface area is 241 Å². The summed E-state index contributed by atoms with van der Waals surface area (Å²) >= 11 is 6.26. The fraction of sp³-hybridized carbons (Fsp3) is 0.333. The minimum Gasteiger partial charge on any atom is -0.352 e. The number of carbonyl (C=O) groups is 2. The molecule has 0 spiro atoms.